The van der Waals surface area contributed by atoms with Crippen LogP contribution in [-0.4, -0.2) is 17.1 Å². The average molecular weight is 308 g/mol. The van der Waals surface area contributed by atoms with Gasteiger partial charge in [-0.3, -0.25) is 0 Å². The van der Waals surface area contributed by atoms with Gasteiger partial charge in [0.05, 0.1) is 23.8 Å². The Kier molecular flexibility index (Phi) is 4.15. The Morgan fingerprint density at radius 1 is 1.33 bits per heavy atom. The lowest BCUT2D eigenvalue weighted by atomic mass is 10.3. The van der Waals surface area contributed by atoms with E-state index in [0.717, 1.165) is 27.4 Å². The summed E-state index contributed by atoms with van der Waals surface area (Å²) in [4.78, 5) is 8.40. The van der Waals surface area contributed by atoms with Crippen LogP contribution in [0, 0.1) is 6.92 Å². The Labute approximate surface area is 115 Å². The fraction of sp³-hybridized carbons (Fsp3) is 0.231. The van der Waals surface area contributed by atoms with E-state index in [-0.39, 0.29) is 0 Å². The number of nitrogens with zero attached hydrogens (tertiary/aromatic N) is 2. The first-order valence-corrected chi connectivity index (χ1v) is 6.34. The molecule has 0 bridgehead atoms. The normalized spacial score (nSPS) is 10.2. The molecule has 0 amide bonds. The number of hydrogen-bond acceptors (Lipinski definition) is 4. The number of methoxy groups -OCH3 is 1. The molecule has 94 valence electrons. The molecule has 1 heterocycles. The van der Waals surface area contributed by atoms with Gasteiger partial charge in [-0.15, -0.1) is 0 Å². The van der Waals surface area contributed by atoms with Crippen molar-refractivity contribution in [2.75, 3.05) is 12.4 Å². The van der Waals surface area contributed by atoms with Crippen molar-refractivity contribution in [3.63, 3.8) is 0 Å². The summed E-state index contributed by atoms with van der Waals surface area (Å²) >= 11 is 3.45. The van der Waals surface area contributed by atoms with Gasteiger partial charge in [0.1, 0.15) is 11.6 Å². The van der Waals surface area contributed by atoms with Crippen LogP contribution in [0.25, 0.3) is 0 Å². The second kappa shape index (κ2) is 5.82. The highest BCUT2D eigenvalue weighted by molar-refractivity contribution is 9.10. The van der Waals surface area contributed by atoms with Gasteiger partial charge < -0.3 is 10.1 Å². The quantitative estimate of drug-likeness (QED) is 0.942. The Morgan fingerprint density at radius 3 is 2.83 bits per heavy atom. The minimum atomic E-state index is 0.669. The molecule has 1 aromatic carbocycles. The number of aromatic nitrogens is 2. The molecule has 0 aliphatic carbocycles. The zero-order chi connectivity index (χ0) is 13.0. The lowest BCUT2D eigenvalue weighted by Gasteiger charge is -2.09. The topological polar surface area (TPSA) is 47.0 Å². The standard InChI is InChI=1S/C13H14BrN3O/c1-9-15-6-5-11(17-9)8-16-10-3-4-13(18-2)12(14)7-10/h3-7,16H,8H2,1-2H3. The summed E-state index contributed by atoms with van der Waals surface area (Å²) in [6, 6.07) is 7.76. The zero-order valence-corrected chi connectivity index (χ0v) is 11.9. The van der Waals surface area contributed by atoms with Gasteiger partial charge in [-0.25, -0.2) is 9.97 Å². The predicted octanol–water partition coefficient (Wildman–Crippen LogP) is 3.17. The molecule has 1 N–H and O–H groups in total. The first-order valence-electron chi connectivity index (χ1n) is 5.55. The first-order chi connectivity index (χ1) is 8.69. The molecule has 0 fully saturated rings. The van der Waals surface area contributed by atoms with E-state index in [0.29, 0.717) is 6.54 Å². The third kappa shape index (κ3) is 3.20. The van der Waals surface area contributed by atoms with Crippen molar-refractivity contribution >= 4 is 21.6 Å². The molecule has 5 heteroatoms. The van der Waals surface area contributed by atoms with Crippen LogP contribution in [0.2, 0.25) is 0 Å². The zero-order valence-electron chi connectivity index (χ0n) is 10.3. The Bertz CT molecular complexity index is 546. The number of aryl methyl sites for hydroxylation is 1. The van der Waals surface area contributed by atoms with Crippen LogP contribution in [0.1, 0.15) is 11.5 Å². The van der Waals surface area contributed by atoms with Gasteiger partial charge in [-0.05, 0) is 47.1 Å². The summed E-state index contributed by atoms with van der Waals surface area (Å²) in [5.74, 6) is 1.60. The summed E-state index contributed by atoms with van der Waals surface area (Å²) in [7, 11) is 1.65. The van der Waals surface area contributed by atoms with Crippen LogP contribution in [0.4, 0.5) is 5.69 Å². The molecule has 2 rings (SSSR count). The predicted molar refractivity (Wildman–Crippen MR) is 74.8 cm³/mol. The number of anilines is 1. The molecule has 0 spiro atoms. The van der Waals surface area contributed by atoms with Crippen molar-refractivity contribution in [3.8, 4) is 5.75 Å². The van der Waals surface area contributed by atoms with Crippen LogP contribution < -0.4 is 10.1 Å². The van der Waals surface area contributed by atoms with Gasteiger partial charge in [0, 0.05) is 11.9 Å². The van der Waals surface area contributed by atoms with Gasteiger partial charge in [-0.1, -0.05) is 0 Å². The van der Waals surface area contributed by atoms with Crippen molar-refractivity contribution in [3.05, 3.63) is 46.5 Å². The van der Waals surface area contributed by atoms with E-state index >= 15 is 0 Å². The largest absolute Gasteiger partial charge is 0.496 e. The second-order valence-corrected chi connectivity index (χ2v) is 4.65. The molecule has 0 saturated heterocycles. The number of ether oxygens (including phenoxy) is 1. The molecule has 0 unspecified atom stereocenters. The van der Waals surface area contributed by atoms with Crippen molar-refractivity contribution in [1.29, 1.82) is 0 Å². The molecule has 0 saturated carbocycles. The minimum Gasteiger partial charge on any atom is -0.496 e. The molecule has 0 atom stereocenters. The lowest BCUT2D eigenvalue weighted by Crippen LogP contribution is -2.03. The van der Waals surface area contributed by atoms with E-state index in [4.69, 9.17) is 4.74 Å². The van der Waals surface area contributed by atoms with Crippen LogP contribution in [0.15, 0.2) is 34.9 Å². The van der Waals surface area contributed by atoms with E-state index in [1.54, 1.807) is 13.3 Å². The smallest absolute Gasteiger partial charge is 0.133 e. The van der Waals surface area contributed by atoms with Crippen LogP contribution in [-0.2, 0) is 6.54 Å². The summed E-state index contributed by atoms with van der Waals surface area (Å²) in [6.45, 7) is 2.55. The van der Waals surface area contributed by atoms with Crippen molar-refractivity contribution < 1.29 is 4.74 Å². The fourth-order valence-electron chi connectivity index (χ4n) is 1.57. The molecule has 1 aromatic heterocycles. The monoisotopic (exact) mass is 307 g/mol. The highest BCUT2D eigenvalue weighted by atomic mass is 79.9. The van der Waals surface area contributed by atoms with E-state index < -0.39 is 0 Å². The van der Waals surface area contributed by atoms with Gasteiger partial charge in [-0.2, -0.15) is 0 Å². The summed E-state index contributed by atoms with van der Waals surface area (Å²) in [6.07, 6.45) is 1.77. The van der Waals surface area contributed by atoms with E-state index in [1.165, 1.54) is 0 Å². The Balaban J connectivity index is 2.04. The lowest BCUT2D eigenvalue weighted by molar-refractivity contribution is 0.412. The Morgan fingerprint density at radius 2 is 2.17 bits per heavy atom. The third-order valence-corrected chi connectivity index (χ3v) is 3.08. The van der Waals surface area contributed by atoms with Crippen LogP contribution in [0.3, 0.4) is 0 Å². The van der Waals surface area contributed by atoms with Gasteiger partial charge in [0.2, 0.25) is 0 Å². The fourth-order valence-corrected chi connectivity index (χ4v) is 2.11. The summed E-state index contributed by atoms with van der Waals surface area (Å²) < 4.78 is 6.11. The first kappa shape index (κ1) is 12.8. The number of halogens is 1. The maximum absolute atomic E-state index is 5.18. The van der Waals surface area contributed by atoms with Gasteiger partial charge in [0.25, 0.3) is 0 Å². The van der Waals surface area contributed by atoms with Crippen molar-refractivity contribution in [2.24, 2.45) is 0 Å². The summed E-state index contributed by atoms with van der Waals surface area (Å²) in [5.41, 5.74) is 1.98. The van der Waals surface area contributed by atoms with E-state index in [2.05, 4.69) is 31.2 Å². The van der Waals surface area contributed by atoms with Crippen LogP contribution in [0.5, 0.6) is 5.75 Å². The third-order valence-electron chi connectivity index (χ3n) is 2.46. The molecular weight excluding hydrogens is 294 g/mol. The highest BCUT2D eigenvalue weighted by Crippen LogP contribution is 2.27. The average Bonchev–Trinajstić information content (AvgIpc) is 2.37. The molecule has 18 heavy (non-hydrogen) atoms. The molecule has 0 aliphatic heterocycles. The van der Waals surface area contributed by atoms with Gasteiger partial charge >= 0.3 is 0 Å². The summed E-state index contributed by atoms with van der Waals surface area (Å²) in [5, 5.41) is 3.30. The van der Waals surface area contributed by atoms with Crippen molar-refractivity contribution in [2.45, 2.75) is 13.5 Å². The maximum Gasteiger partial charge on any atom is 0.133 e. The SMILES string of the molecule is COc1ccc(NCc2ccnc(C)n2)cc1Br. The van der Waals surface area contributed by atoms with Crippen LogP contribution >= 0.6 is 15.9 Å². The number of nitrogens with one attached hydrogen (secondary N) is 1. The molecular formula is C13H14BrN3O. The van der Waals surface area contributed by atoms with E-state index in [1.807, 2.05) is 31.2 Å². The number of rotatable bonds is 4. The molecule has 2 aromatic rings. The minimum absolute atomic E-state index is 0.669. The molecule has 4 nitrogen and oxygen atoms in total. The molecule has 0 aliphatic rings. The highest BCUT2D eigenvalue weighted by Gasteiger charge is 2.01. The molecule has 0 radical (unpaired) electrons. The van der Waals surface area contributed by atoms with Crippen molar-refractivity contribution in [1.82, 2.24) is 9.97 Å². The number of hydrogen-bond donors (Lipinski definition) is 1. The number of benzene rings is 1. The Hall–Kier alpha value is -1.62. The maximum atomic E-state index is 5.18. The van der Waals surface area contributed by atoms with Gasteiger partial charge in [0.15, 0.2) is 0 Å². The second-order valence-electron chi connectivity index (χ2n) is 3.80. The van der Waals surface area contributed by atoms with E-state index in [9.17, 15) is 0 Å².